The molecule has 2 aromatic carbocycles. The van der Waals surface area contributed by atoms with Gasteiger partial charge < -0.3 is 5.73 Å². The topological polar surface area (TPSA) is 54.7 Å². The predicted octanol–water partition coefficient (Wildman–Crippen LogP) is 4.54. The van der Waals surface area contributed by atoms with E-state index in [2.05, 4.69) is 26.1 Å². The van der Waals surface area contributed by atoms with Crippen LogP contribution in [-0.4, -0.2) is 10.2 Å². The Kier molecular flexibility index (Phi) is 3.51. The Labute approximate surface area is 130 Å². The first-order valence-corrected chi connectivity index (χ1v) is 7.21. The van der Waals surface area contributed by atoms with Gasteiger partial charge in [-0.05, 0) is 30.7 Å². The number of aromatic amines is 1. The number of nitrogens with two attached hydrogens (primary N) is 1. The van der Waals surface area contributed by atoms with Crippen LogP contribution >= 0.6 is 15.9 Å². The van der Waals surface area contributed by atoms with Crippen LogP contribution in [-0.2, 0) is 0 Å². The number of aromatic nitrogens is 2. The van der Waals surface area contributed by atoms with Gasteiger partial charge in [0.05, 0.1) is 11.3 Å². The molecule has 1 aromatic heterocycles. The fourth-order valence-corrected chi connectivity index (χ4v) is 2.74. The number of anilines is 1. The number of hydrogen-bond donors (Lipinski definition) is 2. The van der Waals surface area contributed by atoms with Crippen LogP contribution in [0.25, 0.3) is 22.4 Å². The number of rotatable bonds is 2. The summed E-state index contributed by atoms with van der Waals surface area (Å²) in [6.07, 6.45) is 0. The van der Waals surface area contributed by atoms with E-state index in [-0.39, 0.29) is 5.82 Å². The van der Waals surface area contributed by atoms with E-state index in [1.54, 1.807) is 0 Å². The molecule has 106 valence electrons. The van der Waals surface area contributed by atoms with Crippen LogP contribution < -0.4 is 5.73 Å². The summed E-state index contributed by atoms with van der Waals surface area (Å²) in [5.74, 6) is 0.0802. The second-order valence-electron chi connectivity index (χ2n) is 4.88. The molecule has 0 aliphatic carbocycles. The molecule has 0 saturated heterocycles. The van der Waals surface area contributed by atoms with Gasteiger partial charge in [-0.1, -0.05) is 45.8 Å². The third-order valence-electron chi connectivity index (χ3n) is 3.29. The third kappa shape index (κ3) is 2.69. The van der Waals surface area contributed by atoms with Crippen molar-refractivity contribution < 1.29 is 4.39 Å². The van der Waals surface area contributed by atoms with Crippen molar-refractivity contribution in [2.75, 3.05) is 5.73 Å². The summed E-state index contributed by atoms with van der Waals surface area (Å²) in [5.41, 5.74) is 10.3. The average Bonchev–Trinajstić information content (AvgIpc) is 2.80. The molecule has 3 aromatic rings. The lowest BCUT2D eigenvalue weighted by atomic mass is 10.00. The molecule has 21 heavy (non-hydrogen) atoms. The Bertz CT molecular complexity index is 774. The molecule has 0 atom stereocenters. The lowest BCUT2D eigenvalue weighted by molar-refractivity contribution is 0.627. The quantitative estimate of drug-likeness (QED) is 0.716. The van der Waals surface area contributed by atoms with E-state index < -0.39 is 0 Å². The molecule has 1 heterocycles. The smallest absolute Gasteiger partial charge is 0.153 e. The first-order valence-electron chi connectivity index (χ1n) is 6.42. The fourth-order valence-electron chi connectivity index (χ4n) is 2.28. The highest BCUT2D eigenvalue weighted by atomic mass is 79.9. The van der Waals surface area contributed by atoms with E-state index in [9.17, 15) is 4.39 Å². The zero-order valence-electron chi connectivity index (χ0n) is 11.3. The largest absolute Gasteiger partial charge is 0.382 e. The van der Waals surface area contributed by atoms with Crippen molar-refractivity contribution >= 4 is 21.7 Å². The van der Waals surface area contributed by atoms with Gasteiger partial charge in [-0.3, -0.25) is 5.10 Å². The molecule has 3 rings (SSSR count). The predicted molar refractivity (Wildman–Crippen MR) is 86.3 cm³/mol. The Hall–Kier alpha value is -2.14. The van der Waals surface area contributed by atoms with Crippen LogP contribution in [0, 0.1) is 12.7 Å². The van der Waals surface area contributed by atoms with E-state index in [0.717, 1.165) is 16.7 Å². The molecule has 0 fully saturated rings. The minimum absolute atomic E-state index is 0.317. The van der Waals surface area contributed by atoms with E-state index in [0.29, 0.717) is 21.5 Å². The summed E-state index contributed by atoms with van der Waals surface area (Å²) in [7, 11) is 0. The van der Waals surface area contributed by atoms with Gasteiger partial charge in [0.15, 0.2) is 5.82 Å². The second-order valence-corrected chi connectivity index (χ2v) is 5.80. The van der Waals surface area contributed by atoms with Crippen molar-refractivity contribution in [3.05, 3.63) is 58.3 Å². The van der Waals surface area contributed by atoms with E-state index in [1.807, 2.05) is 37.3 Å². The molecule has 0 amide bonds. The number of H-pyrrole nitrogens is 1. The molecule has 0 aliphatic rings. The highest BCUT2D eigenvalue weighted by molar-refractivity contribution is 9.10. The summed E-state index contributed by atoms with van der Waals surface area (Å²) in [5, 5.41) is 6.96. The van der Waals surface area contributed by atoms with Gasteiger partial charge >= 0.3 is 0 Å². The standard InChI is InChI=1S/C16H13BrFN3/c1-9-2-4-10(5-3-9)14-15(20-21-16(14)19)11-6-12(17)8-13(18)7-11/h2-8H,1H3,(H3,19,20,21). The van der Waals surface area contributed by atoms with Gasteiger partial charge in [0, 0.05) is 10.0 Å². The number of halogens is 2. The van der Waals surface area contributed by atoms with Crippen molar-refractivity contribution in [1.82, 2.24) is 10.2 Å². The van der Waals surface area contributed by atoms with Gasteiger partial charge in [0.2, 0.25) is 0 Å². The Balaban J connectivity index is 2.19. The molecule has 0 bridgehead atoms. The molecule has 3 N–H and O–H groups in total. The minimum atomic E-state index is -0.317. The van der Waals surface area contributed by atoms with Crippen LogP contribution in [0.3, 0.4) is 0 Å². The van der Waals surface area contributed by atoms with Gasteiger partial charge in [0.1, 0.15) is 5.82 Å². The highest BCUT2D eigenvalue weighted by Crippen LogP contribution is 2.35. The van der Waals surface area contributed by atoms with Crippen LogP contribution in [0.2, 0.25) is 0 Å². The molecule has 0 saturated carbocycles. The Morgan fingerprint density at radius 3 is 2.48 bits per heavy atom. The van der Waals surface area contributed by atoms with E-state index in [1.165, 1.54) is 12.1 Å². The van der Waals surface area contributed by atoms with E-state index in [4.69, 9.17) is 5.73 Å². The minimum Gasteiger partial charge on any atom is -0.382 e. The van der Waals surface area contributed by atoms with Crippen molar-refractivity contribution in [2.45, 2.75) is 6.92 Å². The number of aryl methyl sites for hydroxylation is 1. The summed E-state index contributed by atoms with van der Waals surface area (Å²) >= 11 is 3.30. The maximum Gasteiger partial charge on any atom is 0.153 e. The van der Waals surface area contributed by atoms with Crippen molar-refractivity contribution in [3.8, 4) is 22.4 Å². The van der Waals surface area contributed by atoms with Crippen LogP contribution in [0.15, 0.2) is 46.9 Å². The van der Waals surface area contributed by atoms with Crippen molar-refractivity contribution in [2.24, 2.45) is 0 Å². The zero-order valence-corrected chi connectivity index (χ0v) is 12.9. The van der Waals surface area contributed by atoms with Gasteiger partial charge in [-0.2, -0.15) is 5.10 Å². The molecule has 5 heteroatoms. The highest BCUT2D eigenvalue weighted by Gasteiger charge is 2.15. The number of benzene rings is 2. The maximum absolute atomic E-state index is 13.6. The van der Waals surface area contributed by atoms with Crippen LogP contribution in [0.1, 0.15) is 5.56 Å². The molecule has 0 unspecified atom stereocenters. The monoisotopic (exact) mass is 345 g/mol. The number of nitrogen functional groups attached to an aromatic ring is 1. The van der Waals surface area contributed by atoms with Crippen molar-refractivity contribution in [1.29, 1.82) is 0 Å². The van der Waals surface area contributed by atoms with Gasteiger partial charge in [0.25, 0.3) is 0 Å². The summed E-state index contributed by atoms with van der Waals surface area (Å²) < 4.78 is 14.3. The molecule has 0 spiro atoms. The van der Waals surface area contributed by atoms with Gasteiger partial charge in [-0.25, -0.2) is 4.39 Å². The summed E-state index contributed by atoms with van der Waals surface area (Å²) in [6.45, 7) is 2.02. The summed E-state index contributed by atoms with van der Waals surface area (Å²) in [4.78, 5) is 0. The SMILES string of the molecule is Cc1ccc(-c2c(N)n[nH]c2-c2cc(F)cc(Br)c2)cc1. The molecular formula is C16H13BrFN3. The van der Waals surface area contributed by atoms with Crippen molar-refractivity contribution in [3.63, 3.8) is 0 Å². The van der Waals surface area contributed by atoms with Crippen LogP contribution in [0.4, 0.5) is 10.2 Å². The van der Waals surface area contributed by atoms with Crippen LogP contribution in [0.5, 0.6) is 0 Å². The molecule has 0 radical (unpaired) electrons. The second kappa shape index (κ2) is 5.33. The molecule has 0 aliphatic heterocycles. The first-order chi connectivity index (χ1) is 10.0. The first kappa shape index (κ1) is 13.8. The Morgan fingerprint density at radius 1 is 1.10 bits per heavy atom. The average molecular weight is 346 g/mol. The normalized spacial score (nSPS) is 10.8. The van der Waals surface area contributed by atoms with E-state index >= 15 is 0 Å². The lowest BCUT2D eigenvalue weighted by Gasteiger charge is -2.06. The molecule has 3 nitrogen and oxygen atoms in total. The third-order valence-corrected chi connectivity index (χ3v) is 3.74. The number of hydrogen-bond acceptors (Lipinski definition) is 2. The number of nitrogens with zero attached hydrogens (tertiary/aromatic N) is 1. The van der Waals surface area contributed by atoms with Gasteiger partial charge in [-0.15, -0.1) is 0 Å². The molecular weight excluding hydrogens is 333 g/mol. The summed E-state index contributed by atoms with van der Waals surface area (Å²) in [6, 6.07) is 12.7. The zero-order chi connectivity index (χ0) is 15.0. The Morgan fingerprint density at radius 2 is 1.81 bits per heavy atom. The fraction of sp³-hybridized carbons (Fsp3) is 0.0625. The lowest BCUT2D eigenvalue weighted by Crippen LogP contribution is -1.89. The maximum atomic E-state index is 13.6. The number of nitrogens with one attached hydrogen (secondary N) is 1.